The van der Waals surface area contributed by atoms with Crippen LogP contribution >= 0.6 is 0 Å². The van der Waals surface area contributed by atoms with Crippen LogP contribution in [0.5, 0.6) is 0 Å². The number of likely N-dealkylation sites (N-methyl/N-ethyl adjacent to an activating group) is 1. The third-order valence-electron chi connectivity index (χ3n) is 4.66. The minimum absolute atomic E-state index is 0.0515. The number of rotatable bonds is 7. The van der Waals surface area contributed by atoms with Gasteiger partial charge < -0.3 is 15.1 Å². The van der Waals surface area contributed by atoms with Crippen molar-refractivity contribution in [3.63, 3.8) is 0 Å². The molecule has 2 aliphatic rings. The summed E-state index contributed by atoms with van der Waals surface area (Å²) in [6.45, 7) is 9.65. The highest BCUT2D eigenvalue weighted by atomic mass is 16.2. The van der Waals surface area contributed by atoms with E-state index in [2.05, 4.69) is 24.1 Å². The lowest BCUT2D eigenvalue weighted by Gasteiger charge is -2.34. The van der Waals surface area contributed by atoms with E-state index in [0.717, 1.165) is 65.0 Å². The zero-order chi connectivity index (χ0) is 15.2. The lowest BCUT2D eigenvalue weighted by molar-refractivity contribution is -0.136. The smallest absolute Gasteiger partial charge is 0.226 e. The maximum absolute atomic E-state index is 12.4. The summed E-state index contributed by atoms with van der Waals surface area (Å²) in [5.74, 6) is 0.156. The van der Waals surface area contributed by atoms with Crippen LogP contribution in [0.4, 0.5) is 0 Å². The van der Waals surface area contributed by atoms with Gasteiger partial charge in [-0.05, 0) is 19.4 Å². The molecule has 0 aromatic carbocycles. The van der Waals surface area contributed by atoms with Crippen molar-refractivity contribution in [2.75, 3.05) is 39.3 Å². The normalized spacial score (nSPS) is 25.7. The van der Waals surface area contributed by atoms with Crippen LogP contribution in [0.3, 0.4) is 0 Å². The molecule has 0 bridgehead atoms. The minimum Gasteiger partial charge on any atom is -0.356 e. The van der Waals surface area contributed by atoms with Gasteiger partial charge in [-0.1, -0.05) is 26.7 Å². The predicted molar refractivity (Wildman–Crippen MR) is 82.8 cm³/mol. The van der Waals surface area contributed by atoms with E-state index < -0.39 is 0 Å². The summed E-state index contributed by atoms with van der Waals surface area (Å²) in [4.78, 5) is 28.6. The van der Waals surface area contributed by atoms with Crippen LogP contribution in [0.25, 0.3) is 0 Å². The Morgan fingerprint density at radius 1 is 1.05 bits per heavy atom. The maximum atomic E-state index is 12.4. The molecule has 2 rings (SSSR count). The molecule has 1 saturated carbocycles. The molecule has 0 radical (unpaired) electrons. The van der Waals surface area contributed by atoms with Crippen molar-refractivity contribution < 1.29 is 9.59 Å². The Kier molecular flexibility index (Phi) is 6.03. The monoisotopic (exact) mass is 295 g/mol. The van der Waals surface area contributed by atoms with Crippen molar-refractivity contribution in [3.8, 4) is 0 Å². The predicted octanol–water partition coefficient (Wildman–Crippen LogP) is 1.09. The topological polar surface area (TPSA) is 52.7 Å². The number of carbonyl (C=O) groups is 2. The summed E-state index contributed by atoms with van der Waals surface area (Å²) in [6, 6.07) is 0. The highest BCUT2D eigenvalue weighted by Gasteiger charge is 2.49. The first-order chi connectivity index (χ1) is 10.2. The molecule has 2 fully saturated rings. The van der Waals surface area contributed by atoms with Gasteiger partial charge in [0.05, 0.1) is 11.8 Å². The first-order valence-corrected chi connectivity index (χ1v) is 8.46. The Bertz CT molecular complexity index is 365. The van der Waals surface area contributed by atoms with E-state index in [1.807, 2.05) is 4.90 Å². The zero-order valence-electron chi connectivity index (χ0n) is 13.4. The Hall–Kier alpha value is -1.10. The first-order valence-electron chi connectivity index (χ1n) is 8.46. The van der Waals surface area contributed by atoms with Crippen LogP contribution in [0.1, 0.15) is 39.5 Å². The molecule has 1 aliphatic heterocycles. The van der Waals surface area contributed by atoms with E-state index >= 15 is 0 Å². The van der Waals surface area contributed by atoms with Crippen molar-refractivity contribution in [2.24, 2.45) is 11.8 Å². The summed E-state index contributed by atoms with van der Waals surface area (Å²) in [5.41, 5.74) is 0. The molecule has 0 spiro atoms. The van der Waals surface area contributed by atoms with Crippen molar-refractivity contribution in [1.29, 1.82) is 0 Å². The summed E-state index contributed by atoms with van der Waals surface area (Å²) in [7, 11) is 0. The molecular weight excluding hydrogens is 266 g/mol. The van der Waals surface area contributed by atoms with Gasteiger partial charge in [0.1, 0.15) is 0 Å². The second kappa shape index (κ2) is 7.78. The number of hydrogen-bond acceptors (Lipinski definition) is 3. The van der Waals surface area contributed by atoms with Crippen LogP contribution in [0.15, 0.2) is 0 Å². The lowest BCUT2D eigenvalue weighted by atomic mass is 10.2. The van der Waals surface area contributed by atoms with E-state index in [0.29, 0.717) is 0 Å². The fourth-order valence-electron chi connectivity index (χ4n) is 2.99. The average Bonchev–Trinajstić information content (AvgIpc) is 3.31. The Labute approximate surface area is 128 Å². The Morgan fingerprint density at radius 2 is 1.76 bits per heavy atom. The van der Waals surface area contributed by atoms with Crippen LogP contribution in [-0.2, 0) is 9.59 Å². The molecule has 1 saturated heterocycles. The first kappa shape index (κ1) is 16.3. The Morgan fingerprint density at radius 3 is 2.38 bits per heavy atom. The number of amides is 2. The standard InChI is InChI=1S/C16H29N3O2/c1-3-5-6-7-17-15(20)13-12-14(13)16(21)19-10-8-18(4-2)9-11-19/h13-14H,3-12H2,1-2H3,(H,17,20). The summed E-state index contributed by atoms with van der Waals surface area (Å²) < 4.78 is 0. The highest BCUT2D eigenvalue weighted by molar-refractivity contribution is 5.92. The van der Waals surface area contributed by atoms with E-state index in [9.17, 15) is 9.59 Å². The molecule has 1 aliphatic carbocycles. The van der Waals surface area contributed by atoms with Gasteiger partial charge in [0.2, 0.25) is 11.8 Å². The average molecular weight is 295 g/mol. The molecule has 0 aromatic rings. The van der Waals surface area contributed by atoms with Gasteiger partial charge in [-0.2, -0.15) is 0 Å². The summed E-state index contributed by atoms with van der Waals surface area (Å²) >= 11 is 0. The maximum Gasteiger partial charge on any atom is 0.226 e. The van der Waals surface area contributed by atoms with Gasteiger partial charge >= 0.3 is 0 Å². The molecule has 2 amide bonds. The van der Waals surface area contributed by atoms with Gasteiger partial charge in [0.25, 0.3) is 0 Å². The van der Waals surface area contributed by atoms with Crippen LogP contribution in [-0.4, -0.2) is 60.9 Å². The summed E-state index contributed by atoms with van der Waals surface area (Å²) in [6.07, 6.45) is 4.08. The molecule has 120 valence electrons. The van der Waals surface area contributed by atoms with Crippen LogP contribution in [0, 0.1) is 11.8 Å². The fraction of sp³-hybridized carbons (Fsp3) is 0.875. The molecular formula is C16H29N3O2. The van der Waals surface area contributed by atoms with Gasteiger partial charge in [0, 0.05) is 32.7 Å². The largest absolute Gasteiger partial charge is 0.356 e. The Balaban J connectivity index is 1.68. The summed E-state index contributed by atoms with van der Waals surface area (Å²) in [5, 5.41) is 2.97. The molecule has 21 heavy (non-hydrogen) atoms. The van der Waals surface area contributed by atoms with E-state index in [1.54, 1.807) is 0 Å². The number of nitrogens with one attached hydrogen (secondary N) is 1. The zero-order valence-corrected chi connectivity index (χ0v) is 13.4. The molecule has 1 N–H and O–H groups in total. The van der Waals surface area contributed by atoms with Crippen LogP contribution < -0.4 is 5.32 Å². The van der Waals surface area contributed by atoms with Gasteiger partial charge in [-0.3, -0.25) is 9.59 Å². The fourth-order valence-corrected chi connectivity index (χ4v) is 2.99. The third-order valence-corrected chi connectivity index (χ3v) is 4.66. The number of carbonyl (C=O) groups excluding carboxylic acids is 2. The number of unbranched alkanes of at least 4 members (excludes halogenated alkanes) is 2. The number of nitrogens with zero attached hydrogens (tertiary/aromatic N) is 2. The number of hydrogen-bond donors (Lipinski definition) is 1. The third kappa shape index (κ3) is 4.43. The molecule has 5 heteroatoms. The van der Waals surface area contributed by atoms with Crippen molar-refractivity contribution >= 4 is 11.8 Å². The van der Waals surface area contributed by atoms with Crippen molar-refractivity contribution in [2.45, 2.75) is 39.5 Å². The highest BCUT2D eigenvalue weighted by Crippen LogP contribution is 2.40. The van der Waals surface area contributed by atoms with Crippen LogP contribution in [0.2, 0.25) is 0 Å². The molecule has 1 heterocycles. The van der Waals surface area contributed by atoms with Crippen molar-refractivity contribution in [3.05, 3.63) is 0 Å². The van der Waals surface area contributed by atoms with Gasteiger partial charge in [-0.15, -0.1) is 0 Å². The van der Waals surface area contributed by atoms with E-state index in [-0.39, 0.29) is 23.7 Å². The second-order valence-electron chi connectivity index (χ2n) is 6.21. The van der Waals surface area contributed by atoms with E-state index in [4.69, 9.17) is 0 Å². The SMILES string of the molecule is CCCCCNC(=O)C1CC1C(=O)N1CCN(CC)CC1. The molecule has 5 nitrogen and oxygen atoms in total. The molecule has 2 atom stereocenters. The molecule has 0 aromatic heterocycles. The second-order valence-corrected chi connectivity index (χ2v) is 6.21. The van der Waals surface area contributed by atoms with Gasteiger partial charge in [-0.25, -0.2) is 0 Å². The quantitative estimate of drug-likeness (QED) is 0.716. The lowest BCUT2D eigenvalue weighted by Crippen LogP contribution is -2.49. The number of piperazine rings is 1. The van der Waals surface area contributed by atoms with Gasteiger partial charge in [0.15, 0.2) is 0 Å². The molecule has 2 unspecified atom stereocenters. The minimum atomic E-state index is -0.0664. The van der Waals surface area contributed by atoms with Crippen molar-refractivity contribution in [1.82, 2.24) is 15.1 Å². The van der Waals surface area contributed by atoms with E-state index in [1.165, 1.54) is 0 Å².